The van der Waals surface area contributed by atoms with E-state index in [-0.39, 0.29) is 5.82 Å². The van der Waals surface area contributed by atoms with Crippen LogP contribution < -0.4 is 5.73 Å². The SMILES string of the molecule is Cc1nc2c(-c3nnc[nH]3)cc(-c3ccnc(N)c3F)cc2n1-c1ccnc2c(Cl)ccc(Cl)c12. The number of aromatic amines is 1. The van der Waals surface area contributed by atoms with Gasteiger partial charge in [-0.25, -0.2) is 14.4 Å². The molecule has 0 spiro atoms. The maximum atomic E-state index is 15.0. The normalized spacial score (nSPS) is 11.5. The van der Waals surface area contributed by atoms with Gasteiger partial charge in [0.25, 0.3) is 0 Å². The fourth-order valence-corrected chi connectivity index (χ4v) is 4.77. The number of nitrogens with zero attached hydrogens (tertiary/aromatic N) is 6. The molecule has 3 N–H and O–H groups in total. The van der Waals surface area contributed by atoms with E-state index in [1.807, 2.05) is 23.6 Å². The van der Waals surface area contributed by atoms with Crippen molar-refractivity contribution in [2.24, 2.45) is 0 Å². The lowest BCUT2D eigenvalue weighted by atomic mass is 10.0. The van der Waals surface area contributed by atoms with Crippen LogP contribution in [-0.2, 0) is 0 Å². The van der Waals surface area contributed by atoms with Crippen LogP contribution in [0.5, 0.6) is 0 Å². The Morgan fingerprint density at radius 3 is 2.57 bits per heavy atom. The van der Waals surface area contributed by atoms with Gasteiger partial charge >= 0.3 is 0 Å². The van der Waals surface area contributed by atoms with Gasteiger partial charge in [0.15, 0.2) is 17.5 Å². The summed E-state index contributed by atoms with van der Waals surface area (Å²) in [6, 6.07) is 10.5. The molecule has 0 fully saturated rings. The first kappa shape index (κ1) is 21.5. The quantitative estimate of drug-likeness (QED) is 0.317. The fraction of sp³-hybridized carbons (Fsp3) is 0.0417. The molecule has 0 saturated carbocycles. The molecule has 0 atom stereocenters. The zero-order valence-electron chi connectivity index (χ0n) is 18.1. The minimum Gasteiger partial charge on any atom is -0.381 e. The minimum atomic E-state index is -0.609. The summed E-state index contributed by atoms with van der Waals surface area (Å²) in [7, 11) is 0. The number of H-pyrrole nitrogens is 1. The maximum absolute atomic E-state index is 15.0. The molecule has 0 aliphatic rings. The van der Waals surface area contributed by atoms with Gasteiger partial charge in [0.1, 0.15) is 17.7 Å². The Morgan fingerprint density at radius 1 is 0.971 bits per heavy atom. The third-order valence-electron chi connectivity index (χ3n) is 5.84. The Hall–Kier alpha value is -4.08. The Labute approximate surface area is 207 Å². The van der Waals surface area contributed by atoms with Gasteiger partial charge in [0.2, 0.25) is 0 Å². The smallest absolute Gasteiger partial charge is 0.173 e. The first-order chi connectivity index (χ1) is 16.9. The molecule has 0 aliphatic carbocycles. The molecule has 6 rings (SSSR count). The molecule has 0 radical (unpaired) electrons. The van der Waals surface area contributed by atoms with Gasteiger partial charge in [0, 0.05) is 28.9 Å². The number of halogens is 3. The zero-order valence-corrected chi connectivity index (χ0v) is 19.6. The number of nitrogens with two attached hydrogens (primary N) is 1. The summed E-state index contributed by atoms with van der Waals surface area (Å²) in [6.07, 6.45) is 4.60. The predicted molar refractivity (Wildman–Crippen MR) is 134 cm³/mol. The van der Waals surface area contributed by atoms with Crippen LogP contribution in [0.3, 0.4) is 0 Å². The fourth-order valence-electron chi connectivity index (χ4n) is 4.32. The zero-order chi connectivity index (χ0) is 24.3. The number of nitrogen functional groups attached to an aromatic ring is 1. The third kappa shape index (κ3) is 3.31. The summed E-state index contributed by atoms with van der Waals surface area (Å²) in [5.41, 5.74) is 9.92. The minimum absolute atomic E-state index is 0.185. The van der Waals surface area contributed by atoms with Gasteiger partial charge in [-0.2, -0.15) is 0 Å². The van der Waals surface area contributed by atoms with Crippen LogP contribution in [0, 0.1) is 12.7 Å². The molecule has 0 bridgehead atoms. The van der Waals surface area contributed by atoms with Gasteiger partial charge in [-0.3, -0.25) is 9.55 Å². The molecule has 6 aromatic rings. The molecule has 0 saturated heterocycles. The number of imidazole rings is 1. The molecule has 35 heavy (non-hydrogen) atoms. The van der Waals surface area contributed by atoms with Crippen LogP contribution in [0.1, 0.15) is 5.82 Å². The summed E-state index contributed by atoms with van der Waals surface area (Å²) in [6.45, 7) is 1.87. The summed E-state index contributed by atoms with van der Waals surface area (Å²) in [5, 5.41) is 9.72. The van der Waals surface area contributed by atoms with Crippen LogP contribution in [0.2, 0.25) is 10.0 Å². The highest BCUT2D eigenvalue weighted by Gasteiger charge is 2.21. The number of fused-ring (bicyclic) bond motifs is 2. The molecule has 4 heterocycles. The number of nitrogens with one attached hydrogen (secondary N) is 1. The molecule has 0 aliphatic heterocycles. The largest absolute Gasteiger partial charge is 0.381 e. The second-order valence-electron chi connectivity index (χ2n) is 7.86. The van der Waals surface area contributed by atoms with E-state index in [0.29, 0.717) is 60.3 Å². The standard InChI is InChI=1S/C24H15Cl2FN8/c1-11-33-21-14(24-31-10-32-34-24)8-12(13-4-6-30-23(28)20(13)27)9-18(21)35(11)17-5-7-29-22-16(26)3-2-15(25)19(17)22/h2-10H,1H3,(H2,28,30)(H,31,32,34). The van der Waals surface area contributed by atoms with Crippen molar-refractivity contribution >= 4 is 51.0 Å². The number of aromatic nitrogens is 7. The van der Waals surface area contributed by atoms with Gasteiger partial charge < -0.3 is 10.7 Å². The van der Waals surface area contributed by atoms with E-state index in [9.17, 15) is 0 Å². The van der Waals surface area contributed by atoms with E-state index in [2.05, 4.69) is 25.1 Å². The van der Waals surface area contributed by atoms with E-state index in [1.54, 1.807) is 30.5 Å². The molecule has 8 nitrogen and oxygen atoms in total. The van der Waals surface area contributed by atoms with Gasteiger partial charge in [-0.1, -0.05) is 23.2 Å². The second kappa shape index (κ2) is 8.00. The van der Waals surface area contributed by atoms with Crippen molar-refractivity contribution in [1.82, 2.24) is 34.7 Å². The van der Waals surface area contributed by atoms with Crippen molar-refractivity contribution in [2.75, 3.05) is 5.73 Å². The molecular weight excluding hydrogens is 490 g/mol. The Kier molecular flexibility index (Phi) is 4.91. The van der Waals surface area contributed by atoms with Gasteiger partial charge in [0.05, 0.1) is 26.8 Å². The lowest BCUT2D eigenvalue weighted by Gasteiger charge is -2.14. The highest BCUT2D eigenvalue weighted by molar-refractivity contribution is 6.40. The van der Waals surface area contributed by atoms with Crippen molar-refractivity contribution in [2.45, 2.75) is 6.92 Å². The summed E-state index contributed by atoms with van der Waals surface area (Å²) in [4.78, 5) is 16.1. The van der Waals surface area contributed by atoms with Crippen molar-refractivity contribution in [1.29, 1.82) is 0 Å². The van der Waals surface area contributed by atoms with Gasteiger partial charge in [-0.05, 0) is 48.9 Å². The van der Waals surface area contributed by atoms with Crippen LogP contribution >= 0.6 is 23.2 Å². The molecule has 2 aromatic carbocycles. The highest BCUT2D eigenvalue weighted by Crippen LogP contribution is 2.38. The number of anilines is 1. The lowest BCUT2D eigenvalue weighted by Crippen LogP contribution is -2.00. The van der Waals surface area contributed by atoms with E-state index >= 15 is 4.39 Å². The molecule has 0 unspecified atom stereocenters. The molecule has 172 valence electrons. The first-order valence-electron chi connectivity index (χ1n) is 10.5. The molecular formula is C24H15Cl2FN8. The van der Waals surface area contributed by atoms with E-state index in [4.69, 9.17) is 33.9 Å². The predicted octanol–water partition coefficient (Wildman–Crippen LogP) is 5.76. The number of aryl methyl sites for hydroxylation is 1. The Morgan fingerprint density at radius 2 is 1.77 bits per heavy atom. The first-order valence-corrected chi connectivity index (χ1v) is 11.2. The monoisotopic (exact) mass is 504 g/mol. The van der Waals surface area contributed by atoms with Crippen LogP contribution in [0.4, 0.5) is 10.2 Å². The van der Waals surface area contributed by atoms with E-state index < -0.39 is 5.82 Å². The summed E-state index contributed by atoms with van der Waals surface area (Å²) in [5.74, 6) is 0.373. The van der Waals surface area contributed by atoms with E-state index in [0.717, 1.165) is 5.69 Å². The topological polar surface area (TPSA) is 111 Å². The Bertz CT molecular complexity index is 1760. The maximum Gasteiger partial charge on any atom is 0.173 e. The van der Waals surface area contributed by atoms with Crippen molar-refractivity contribution in [3.63, 3.8) is 0 Å². The van der Waals surface area contributed by atoms with Crippen molar-refractivity contribution in [3.8, 4) is 28.2 Å². The molecule has 0 amide bonds. The number of rotatable bonds is 3. The number of benzene rings is 2. The van der Waals surface area contributed by atoms with Crippen molar-refractivity contribution < 1.29 is 4.39 Å². The second-order valence-corrected chi connectivity index (χ2v) is 8.68. The Balaban J connectivity index is 1.75. The average Bonchev–Trinajstić information content (AvgIpc) is 3.50. The molecule has 4 aromatic heterocycles. The number of hydrogen-bond donors (Lipinski definition) is 2. The van der Waals surface area contributed by atoms with Crippen LogP contribution in [0.25, 0.3) is 50.1 Å². The average molecular weight is 505 g/mol. The highest BCUT2D eigenvalue weighted by atomic mass is 35.5. The van der Waals surface area contributed by atoms with Crippen LogP contribution in [-0.4, -0.2) is 34.7 Å². The number of pyridine rings is 2. The number of hydrogen-bond acceptors (Lipinski definition) is 6. The summed E-state index contributed by atoms with van der Waals surface area (Å²) >= 11 is 13.0. The summed E-state index contributed by atoms with van der Waals surface area (Å²) < 4.78 is 16.9. The molecule has 11 heteroatoms. The van der Waals surface area contributed by atoms with Crippen LogP contribution in [0.15, 0.2) is 55.1 Å². The lowest BCUT2D eigenvalue weighted by molar-refractivity contribution is 0.631. The van der Waals surface area contributed by atoms with Gasteiger partial charge in [-0.15, -0.1) is 10.2 Å². The third-order valence-corrected chi connectivity index (χ3v) is 6.46. The van der Waals surface area contributed by atoms with Crippen molar-refractivity contribution in [3.05, 3.63) is 76.8 Å². The van der Waals surface area contributed by atoms with E-state index in [1.165, 1.54) is 12.5 Å².